The number of fused-ring (bicyclic) bond motifs is 1. The minimum atomic E-state index is -3.96. The molecule has 0 radical (unpaired) electrons. The normalized spacial score (nSPS) is 15.5. The van der Waals surface area contributed by atoms with Crippen LogP contribution in [0, 0.1) is 0 Å². The van der Waals surface area contributed by atoms with Crippen molar-refractivity contribution in [2.75, 3.05) is 16.2 Å². The van der Waals surface area contributed by atoms with E-state index < -0.39 is 22.0 Å². The zero-order valence-corrected chi connectivity index (χ0v) is 22.2. The molecule has 0 fully saturated rings. The third-order valence-corrected chi connectivity index (χ3v) is 8.68. The number of aromatic nitrogens is 2. The molecule has 0 bridgehead atoms. The van der Waals surface area contributed by atoms with E-state index in [4.69, 9.17) is 4.74 Å². The predicted octanol–water partition coefficient (Wildman–Crippen LogP) is 5.10. The first kappa shape index (κ1) is 24.9. The molecule has 1 amide bonds. The molecule has 1 N–H and O–H groups in total. The molecule has 1 aliphatic heterocycles. The van der Waals surface area contributed by atoms with Crippen molar-refractivity contribution >= 4 is 38.1 Å². The van der Waals surface area contributed by atoms with E-state index in [2.05, 4.69) is 36.3 Å². The Labute approximate surface area is 220 Å². The van der Waals surface area contributed by atoms with Crippen molar-refractivity contribution in [2.24, 2.45) is 0 Å². The third-order valence-electron chi connectivity index (χ3n) is 5.99. The Morgan fingerprint density at radius 3 is 2.35 bits per heavy atom. The first-order chi connectivity index (χ1) is 17.6. The molecule has 0 spiro atoms. The summed E-state index contributed by atoms with van der Waals surface area (Å²) in [5, 5.41) is 11.9. The molecule has 3 aromatic carbocycles. The summed E-state index contributed by atoms with van der Waals surface area (Å²) < 4.78 is 34.7. The van der Waals surface area contributed by atoms with Crippen molar-refractivity contribution < 1.29 is 17.9 Å². The van der Waals surface area contributed by atoms with Crippen molar-refractivity contribution in [2.45, 2.75) is 37.2 Å². The van der Waals surface area contributed by atoms with Gasteiger partial charge in [0.05, 0.1) is 17.1 Å². The number of sulfonamides is 1. The summed E-state index contributed by atoms with van der Waals surface area (Å²) in [6.07, 6.45) is -1.09. The Hall–Kier alpha value is -3.76. The fourth-order valence-electron chi connectivity index (χ4n) is 3.96. The van der Waals surface area contributed by atoms with Crippen LogP contribution in [0.25, 0.3) is 10.6 Å². The van der Waals surface area contributed by atoms with Crippen LogP contribution in [-0.2, 0) is 20.2 Å². The maximum Gasteiger partial charge on any atom is 0.269 e. The molecule has 5 rings (SSSR count). The maximum absolute atomic E-state index is 13.7. The minimum Gasteiger partial charge on any atom is -0.476 e. The Bertz CT molecular complexity index is 1530. The van der Waals surface area contributed by atoms with Crippen molar-refractivity contribution in [1.82, 2.24) is 10.2 Å². The Kier molecular flexibility index (Phi) is 6.47. The maximum atomic E-state index is 13.7. The first-order valence-electron chi connectivity index (χ1n) is 11.7. The van der Waals surface area contributed by atoms with Gasteiger partial charge in [0.15, 0.2) is 6.10 Å². The van der Waals surface area contributed by atoms with Gasteiger partial charge in [-0.15, -0.1) is 10.2 Å². The summed E-state index contributed by atoms with van der Waals surface area (Å²) >= 11 is 1.23. The number of ether oxygens (including phenoxy) is 1. The first-order valence-corrected chi connectivity index (χ1v) is 14.0. The number of rotatable bonds is 5. The smallest absolute Gasteiger partial charge is 0.269 e. The number of nitrogens with one attached hydrogen (secondary N) is 1. The molecular weight excluding hydrogens is 508 g/mol. The quantitative estimate of drug-likeness (QED) is 0.382. The molecule has 1 atom stereocenters. The van der Waals surface area contributed by atoms with E-state index in [0.717, 1.165) is 11.1 Å². The van der Waals surface area contributed by atoms with Crippen LogP contribution >= 0.6 is 11.3 Å². The lowest BCUT2D eigenvalue weighted by molar-refractivity contribution is -0.122. The van der Waals surface area contributed by atoms with Crippen LogP contribution in [-0.4, -0.2) is 37.2 Å². The van der Waals surface area contributed by atoms with Gasteiger partial charge in [-0.2, -0.15) is 0 Å². The van der Waals surface area contributed by atoms with E-state index in [1.807, 2.05) is 42.5 Å². The number of benzene rings is 3. The average Bonchev–Trinajstić information content (AvgIpc) is 3.36. The average molecular weight is 535 g/mol. The lowest BCUT2D eigenvalue weighted by Crippen LogP contribution is -2.49. The van der Waals surface area contributed by atoms with E-state index in [-0.39, 0.29) is 16.9 Å². The van der Waals surface area contributed by atoms with Gasteiger partial charge in [-0.25, -0.2) is 8.42 Å². The van der Waals surface area contributed by atoms with Crippen LogP contribution in [0.3, 0.4) is 0 Å². The van der Waals surface area contributed by atoms with Crippen LogP contribution in [0.2, 0.25) is 0 Å². The predicted molar refractivity (Wildman–Crippen MR) is 145 cm³/mol. The van der Waals surface area contributed by atoms with Gasteiger partial charge in [-0.1, -0.05) is 86.7 Å². The van der Waals surface area contributed by atoms with Gasteiger partial charge in [-0.05, 0) is 35.2 Å². The number of carbonyl (C=O) groups excluding carboxylic acids is 1. The Morgan fingerprint density at radius 2 is 1.68 bits per heavy atom. The van der Waals surface area contributed by atoms with Crippen LogP contribution in [0.4, 0.5) is 10.8 Å². The van der Waals surface area contributed by atoms with E-state index in [9.17, 15) is 13.2 Å². The lowest BCUT2D eigenvalue weighted by Gasteiger charge is -2.35. The van der Waals surface area contributed by atoms with E-state index in [0.29, 0.717) is 21.6 Å². The zero-order valence-electron chi connectivity index (χ0n) is 20.6. The van der Waals surface area contributed by atoms with E-state index in [1.165, 1.54) is 15.6 Å². The molecule has 1 aliphatic rings. The second-order valence-corrected chi connectivity index (χ2v) is 12.5. The van der Waals surface area contributed by atoms with Gasteiger partial charge in [0.1, 0.15) is 10.8 Å². The lowest BCUT2D eigenvalue weighted by atomic mass is 9.86. The molecule has 190 valence electrons. The largest absolute Gasteiger partial charge is 0.476 e. The molecule has 2 heterocycles. The molecule has 0 aliphatic carbocycles. The Balaban J connectivity index is 1.46. The zero-order chi connectivity index (χ0) is 26.2. The van der Waals surface area contributed by atoms with Crippen LogP contribution < -0.4 is 14.4 Å². The van der Waals surface area contributed by atoms with Crippen molar-refractivity contribution in [1.29, 1.82) is 0 Å². The van der Waals surface area contributed by atoms with Gasteiger partial charge in [0, 0.05) is 5.56 Å². The SMILES string of the molecule is CC(C)(C)c1ccc2c(c1)N(S(=O)(=O)c1ccccc1)C[C@H](C(=O)Nc1nnc(-c3ccccc3)s1)O2. The third kappa shape index (κ3) is 5.07. The fourth-order valence-corrected chi connectivity index (χ4v) is 6.20. The molecule has 4 aromatic rings. The molecule has 0 saturated heterocycles. The van der Waals surface area contributed by atoms with Crippen LogP contribution in [0.15, 0.2) is 83.8 Å². The summed E-state index contributed by atoms with van der Waals surface area (Å²) in [6, 6.07) is 23.1. The van der Waals surface area contributed by atoms with Crippen LogP contribution in [0.5, 0.6) is 5.75 Å². The minimum absolute atomic E-state index is 0.139. The second kappa shape index (κ2) is 9.60. The monoisotopic (exact) mass is 534 g/mol. The highest BCUT2D eigenvalue weighted by molar-refractivity contribution is 7.92. The summed E-state index contributed by atoms with van der Waals surface area (Å²) in [5.41, 5.74) is 2.04. The van der Waals surface area contributed by atoms with Gasteiger partial charge >= 0.3 is 0 Å². The molecule has 0 unspecified atom stereocenters. The molecule has 8 nitrogen and oxygen atoms in total. The van der Waals surface area contributed by atoms with Crippen molar-refractivity contribution in [3.8, 4) is 16.3 Å². The number of amides is 1. The summed E-state index contributed by atoms with van der Waals surface area (Å²) in [4.78, 5) is 13.4. The van der Waals surface area contributed by atoms with Crippen molar-refractivity contribution in [3.05, 3.63) is 84.4 Å². The van der Waals surface area contributed by atoms with Crippen LogP contribution in [0.1, 0.15) is 26.3 Å². The molecular formula is C27H26N4O4S2. The second-order valence-electron chi connectivity index (χ2n) is 9.66. The molecule has 37 heavy (non-hydrogen) atoms. The van der Waals surface area contributed by atoms with Gasteiger partial charge in [-0.3, -0.25) is 14.4 Å². The highest BCUT2D eigenvalue weighted by atomic mass is 32.2. The molecule has 0 saturated carbocycles. The van der Waals surface area contributed by atoms with Crippen molar-refractivity contribution in [3.63, 3.8) is 0 Å². The fraction of sp³-hybridized carbons (Fsp3) is 0.222. The van der Waals surface area contributed by atoms with Gasteiger partial charge in [0.25, 0.3) is 15.9 Å². The van der Waals surface area contributed by atoms with Gasteiger partial charge in [0.2, 0.25) is 5.13 Å². The topological polar surface area (TPSA) is 101 Å². The Morgan fingerprint density at radius 1 is 1.00 bits per heavy atom. The number of anilines is 2. The number of hydrogen-bond donors (Lipinski definition) is 1. The van der Waals surface area contributed by atoms with E-state index >= 15 is 0 Å². The number of carbonyl (C=O) groups is 1. The van der Waals surface area contributed by atoms with E-state index in [1.54, 1.807) is 36.4 Å². The standard InChI is InChI=1S/C27H26N4O4S2/c1-27(2,3)19-14-15-22-21(16-19)31(37(33,34)20-12-8-5-9-13-20)17-23(35-22)24(32)28-26-30-29-25(36-26)18-10-6-4-7-11-18/h4-16,23H,17H2,1-3H3,(H,28,30,32)/t23-/m1/s1. The summed E-state index contributed by atoms with van der Waals surface area (Å²) in [7, 11) is -3.96. The summed E-state index contributed by atoms with van der Waals surface area (Å²) in [5.74, 6) is -0.185. The highest BCUT2D eigenvalue weighted by Crippen LogP contribution is 2.40. The number of hydrogen-bond acceptors (Lipinski definition) is 7. The van der Waals surface area contributed by atoms with Gasteiger partial charge < -0.3 is 4.74 Å². The molecule has 10 heteroatoms. The molecule has 1 aromatic heterocycles. The highest BCUT2D eigenvalue weighted by Gasteiger charge is 2.38. The number of nitrogens with zero attached hydrogens (tertiary/aromatic N) is 3. The summed E-state index contributed by atoms with van der Waals surface area (Å²) in [6.45, 7) is 5.97.